The van der Waals surface area contributed by atoms with Gasteiger partial charge < -0.3 is 20.4 Å². The smallest absolute Gasteiger partial charge is 0.303 e. The molecule has 0 fully saturated rings. The largest absolute Gasteiger partial charge is 0.481 e. The normalized spacial score (nSPS) is 12.9. The summed E-state index contributed by atoms with van der Waals surface area (Å²) in [6.45, 7) is 0. The highest BCUT2D eigenvalue weighted by Crippen LogP contribution is 2.18. The van der Waals surface area contributed by atoms with Gasteiger partial charge in [0.2, 0.25) is 0 Å². The highest BCUT2D eigenvalue weighted by Gasteiger charge is 2.05. The lowest BCUT2D eigenvalue weighted by Crippen LogP contribution is -2.05. The standard InChI is InChI=1S/C38H74O6/c39-35(31-25-19-13-7-9-15-21-27-33-37(41)42)29-23-17-11-5-3-1-2-4-6-12-18-24-30-36(40)32-26-20-14-8-10-16-22-28-34-38(43)44/h35-36,39-40H,1-34H2,(H,41,42)(H,43,44). The van der Waals surface area contributed by atoms with Crippen LogP contribution in [0.15, 0.2) is 0 Å². The van der Waals surface area contributed by atoms with E-state index in [1.54, 1.807) is 0 Å². The molecule has 2 unspecified atom stereocenters. The number of unbranched alkanes of at least 4 members (excludes halogenated alkanes) is 25. The van der Waals surface area contributed by atoms with Gasteiger partial charge in [0.1, 0.15) is 0 Å². The minimum Gasteiger partial charge on any atom is -0.481 e. The molecule has 0 aromatic heterocycles. The van der Waals surface area contributed by atoms with Gasteiger partial charge in [0.15, 0.2) is 0 Å². The first kappa shape index (κ1) is 42.9. The first-order chi connectivity index (χ1) is 21.4. The lowest BCUT2D eigenvalue weighted by Gasteiger charge is -2.10. The predicted molar refractivity (Wildman–Crippen MR) is 184 cm³/mol. The molecule has 0 aliphatic rings. The summed E-state index contributed by atoms with van der Waals surface area (Å²) in [4.78, 5) is 21.0. The summed E-state index contributed by atoms with van der Waals surface area (Å²) in [5.41, 5.74) is 0. The SMILES string of the molecule is O=C(O)CCCCCCCCCCC(O)CCCCCCCCCCCCCCC(O)CCCCCCCCCCC(=O)O. The summed E-state index contributed by atoms with van der Waals surface area (Å²) < 4.78 is 0. The minimum absolute atomic E-state index is 0.120. The van der Waals surface area contributed by atoms with E-state index < -0.39 is 11.9 Å². The van der Waals surface area contributed by atoms with Crippen LogP contribution in [0.2, 0.25) is 0 Å². The molecule has 44 heavy (non-hydrogen) atoms. The molecule has 4 N–H and O–H groups in total. The number of aliphatic hydroxyl groups is 2. The van der Waals surface area contributed by atoms with Crippen LogP contribution < -0.4 is 0 Å². The lowest BCUT2D eigenvalue weighted by atomic mass is 10.0. The maximum absolute atomic E-state index is 10.5. The highest BCUT2D eigenvalue weighted by atomic mass is 16.4. The van der Waals surface area contributed by atoms with Gasteiger partial charge in [-0.15, -0.1) is 0 Å². The number of hydrogen-bond donors (Lipinski definition) is 4. The Kier molecular flexibility index (Phi) is 33.8. The Balaban J connectivity index is 3.23. The Bertz CT molecular complexity index is 558. The van der Waals surface area contributed by atoms with E-state index in [0.29, 0.717) is 12.8 Å². The first-order valence-electron chi connectivity index (χ1n) is 19.2. The quantitative estimate of drug-likeness (QED) is 0.0510. The van der Waals surface area contributed by atoms with Crippen LogP contribution in [0.4, 0.5) is 0 Å². The molecule has 0 bridgehead atoms. The molecule has 0 aromatic carbocycles. The molecule has 0 aromatic rings. The van der Waals surface area contributed by atoms with Gasteiger partial charge in [-0.25, -0.2) is 0 Å². The third kappa shape index (κ3) is 37.0. The average molecular weight is 627 g/mol. The molecule has 6 heteroatoms. The van der Waals surface area contributed by atoms with Crippen molar-refractivity contribution in [2.75, 3.05) is 0 Å². The van der Waals surface area contributed by atoms with Crippen molar-refractivity contribution in [3.8, 4) is 0 Å². The maximum Gasteiger partial charge on any atom is 0.303 e. The summed E-state index contributed by atoms with van der Waals surface area (Å²) in [6.07, 6.45) is 37.7. The third-order valence-corrected chi connectivity index (χ3v) is 9.18. The summed E-state index contributed by atoms with van der Waals surface area (Å²) in [6, 6.07) is 0. The van der Waals surface area contributed by atoms with Gasteiger partial charge in [-0.3, -0.25) is 9.59 Å². The molecule has 0 saturated carbocycles. The van der Waals surface area contributed by atoms with Crippen molar-refractivity contribution in [1.82, 2.24) is 0 Å². The summed E-state index contributed by atoms with van der Waals surface area (Å²) in [5, 5.41) is 37.7. The third-order valence-electron chi connectivity index (χ3n) is 9.18. The van der Waals surface area contributed by atoms with E-state index in [9.17, 15) is 19.8 Å². The van der Waals surface area contributed by atoms with Crippen LogP contribution in [0.25, 0.3) is 0 Å². The van der Waals surface area contributed by atoms with E-state index in [2.05, 4.69) is 0 Å². The number of hydrogen-bond acceptors (Lipinski definition) is 4. The van der Waals surface area contributed by atoms with E-state index in [1.165, 1.54) is 116 Å². The molecule has 0 heterocycles. The Hall–Kier alpha value is -1.14. The van der Waals surface area contributed by atoms with E-state index in [1.807, 2.05) is 0 Å². The van der Waals surface area contributed by atoms with Crippen molar-refractivity contribution in [3.05, 3.63) is 0 Å². The molecule has 0 aliphatic carbocycles. The van der Waals surface area contributed by atoms with E-state index >= 15 is 0 Å². The molecule has 2 atom stereocenters. The van der Waals surface area contributed by atoms with E-state index in [0.717, 1.165) is 89.9 Å². The van der Waals surface area contributed by atoms with Gasteiger partial charge in [-0.1, -0.05) is 167 Å². The average Bonchev–Trinajstić information content (AvgIpc) is 2.98. The van der Waals surface area contributed by atoms with Crippen LogP contribution in [-0.4, -0.2) is 44.6 Å². The van der Waals surface area contributed by atoms with Crippen LogP contribution in [0.5, 0.6) is 0 Å². The maximum atomic E-state index is 10.5. The van der Waals surface area contributed by atoms with Gasteiger partial charge in [-0.05, 0) is 38.5 Å². The number of rotatable bonds is 37. The van der Waals surface area contributed by atoms with Crippen LogP contribution in [0, 0.1) is 0 Å². The van der Waals surface area contributed by atoms with Crippen molar-refractivity contribution < 1.29 is 30.0 Å². The van der Waals surface area contributed by atoms with E-state index in [-0.39, 0.29) is 12.2 Å². The Morgan fingerprint density at radius 1 is 0.295 bits per heavy atom. The monoisotopic (exact) mass is 627 g/mol. The van der Waals surface area contributed by atoms with Gasteiger partial charge >= 0.3 is 11.9 Å². The fourth-order valence-corrected chi connectivity index (χ4v) is 6.25. The summed E-state index contributed by atoms with van der Waals surface area (Å²) in [5.74, 6) is -1.37. The topological polar surface area (TPSA) is 115 Å². The molecule has 6 nitrogen and oxygen atoms in total. The first-order valence-corrected chi connectivity index (χ1v) is 19.2. The van der Waals surface area contributed by atoms with Crippen LogP contribution in [-0.2, 0) is 9.59 Å². The molecule has 0 saturated heterocycles. The van der Waals surface area contributed by atoms with Gasteiger partial charge in [0.25, 0.3) is 0 Å². The van der Waals surface area contributed by atoms with Crippen LogP contribution in [0.1, 0.15) is 218 Å². The Morgan fingerprint density at radius 2 is 0.455 bits per heavy atom. The molecular formula is C38H74O6. The zero-order valence-electron chi connectivity index (χ0n) is 28.8. The van der Waals surface area contributed by atoms with E-state index in [4.69, 9.17) is 10.2 Å². The number of aliphatic carboxylic acids is 2. The molecule has 0 rings (SSSR count). The van der Waals surface area contributed by atoms with Crippen molar-refractivity contribution in [3.63, 3.8) is 0 Å². The molecule has 0 spiro atoms. The Labute approximate surface area is 272 Å². The predicted octanol–water partition coefficient (Wildman–Crippen LogP) is 11.1. The highest BCUT2D eigenvalue weighted by molar-refractivity contribution is 5.66. The second kappa shape index (κ2) is 34.7. The number of carbonyl (C=O) groups is 2. The molecule has 0 aliphatic heterocycles. The van der Waals surface area contributed by atoms with Gasteiger partial charge in [0.05, 0.1) is 12.2 Å². The van der Waals surface area contributed by atoms with Crippen molar-refractivity contribution >= 4 is 11.9 Å². The Morgan fingerprint density at radius 3 is 0.636 bits per heavy atom. The fourth-order valence-electron chi connectivity index (χ4n) is 6.25. The van der Waals surface area contributed by atoms with Gasteiger partial charge in [0, 0.05) is 12.8 Å². The second-order valence-corrected chi connectivity index (χ2v) is 13.6. The zero-order chi connectivity index (χ0) is 32.4. The zero-order valence-corrected chi connectivity index (χ0v) is 28.8. The van der Waals surface area contributed by atoms with Crippen molar-refractivity contribution in [1.29, 1.82) is 0 Å². The van der Waals surface area contributed by atoms with Crippen molar-refractivity contribution in [2.45, 2.75) is 231 Å². The second-order valence-electron chi connectivity index (χ2n) is 13.6. The minimum atomic E-state index is -0.683. The summed E-state index contributed by atoms with van der Waals surface area (Å²) in [7, 11) is 0. The number of aliphatic hydroxyl groups excluding tert-OH is 2. The lowest BCUT2D eigenvalue weighted by molar-refractivity contribution is -0.138. The number of carboxylic acid groups (broad SMARTS) is 2. The molecule has 0 amide bonds. The number of carboxylic acids is 2. The fraction of sp³-hybridized carbons (Fsp3) is 0.947. The molecular weight excluding hydrogens is 552 g/mol. The van der Waals surface area contributed by atoms with Gasteiger partial charge in [-0.2, -0.15) is 0 Å². The van der Waals surface area contributed by atoms with Crippen molar-refractivity contribution in [2.24, 2.45) is 0 Å². The molecule has 0 radical (unpaired) electrons. The molecule has 262 valence electrons. The van der Waals surface area contributed by atoms with Crippen LogP contribution >= 0.6 is 0 Å². The van der Waals surface area contributed by atoms with Crippen LogP contribution in [0.3, 0.4) is 0 Å². The summed E-state index contributed by atoms with van der Waals surface area (Å²) >= 11 is 0.